The average molecular weight is 375 g/mol. The molecular weight excluding hydrogens is 356 g/mol. The van der Waals surface area contributed by atoms with Gasteiger partial charge in [0.05, 0.1) is 21.8 Å². The minimum Gasteiger partial charge on any atom is -0.341 e. The molecule has 3 nitrogen and oxygen atoms in total. The number of halogens is 1. The first kappa shape index (κ1) is 17.4. The van der Waals surface area contributed by atoms with Crippen molar-refractivity contribution in [2.45, 2.75) is 13.5 Å². The lowest BCUT2D eigenvalue weighted by atomic mass is 10.1. The van der Waals surface area contributed by atoms with Crippen LogP contribution in [0.4, 0.5) is 5.69 Å². The topological polar surface area (TPSA) is 34.0 Å². The Labute approximate surface area is 163 Å². The summed E-state index contributed by atoms with van der Waals surface area (Å²) in [6.45, 7) is 2.82. The molecule has 0 bridgehead atoms. The van der Waals surface area contributed by atoms with Gasteiger partial charge in [-0.2, -0.15) is 0 Å². The zero-order valence-corrected chi connectivity index (χ0v) is 15.7. The van der Waals surface area contributed by atoms with Gasteiger partial charge in [0.1, 0.15) is 0 Å². The highest BCUT2D eigenvalue weighted by molar-refractivity contribution is 6.34. The van der Waals surface area contributed by atoms with Gasteiger partial charge in [0.2, 0.25) is 0 Å². The molecule has 1 amide bonds. The van der Waals surface area contributed by atoms with E-state index in [0.29, 0.717) is 10.6 Å². The number of anilines is 1. The molecule has 1 aromatic heterocycles. The second-order valence-electron chi connectivity index (χ2n) is 6.61. The van der Waals surface area contributed by atoms with Crippen molar-refractivity contribution in [3.8, 4) is 0 Å². The molecule has 0 radical (unpaired) electrons. The van der Waals surface area contributed by atoms with Crippen LogP contribution in [0.3, 0.4) is 0 Å². The lowest BCUT2D eigenvalue weighted by Gasteiger charge is -2.06. The largest absolute Gasteiger partial charge is 0.341 e. The normalized spacial score (nSPS) is 10.9. The maximum atomic E-state index is 12.7. The van der Waals surface area contributed by atoms with Gasteiger partial charge in [0.25, 0.3) is 5.91 Å². The SMILES string of the molecule is Cc1ccc(Cn2cc(NC(=O)c3ccccc3Cl)c3ccccc32)cc1. The number of aromatic nitrogens is 1. The van der Waals surface area contributed by atoms with Gasteiger partial charge in [-0.25, -0.2) is 0 Å². The van der Waals surface area contributed by atoms with Crippen LogP contribution in [0.15, 0.2) is 79.0 Å². The highest BCUT2D eigenvalue weighted by atomic mass is 35.5. The summed E-state index contributed by atoms with van der Waals surface area (Å²) in [7, 11) is 0. The third kappa shape index (κ3) is 3.60. The molecule has 0 unspecified atom stereocenters. The summed E-state index contributed by atoms with van der Waals surface area (Å²) in [4.78, 5) is 12.7. The number of hydrogen-bond donors (Lipinski definition) is 1. The molecule has 1 N–H and O–H groups in total. The maximum Gasteiger partial charge on any atom is 0.257 e. The summed E-state index contributed by atoms with van der Waals surface area (Å²) in [5.74, 6) is -0.209. The second-order valence-corrected chi connectivity index (χ2v) is 7.01. The van der Waals surface area contributed by atoms with Crippen LogP contribution in [0.25, 0.3) is 10.9 Å². The fourth-order valence-corrected chi connectivity index (χ4v) is 3.42. The summed E-state index contributed by atoms with van der Waals surface area (Å²) in [5.41, 5.74) is 4.78. The van der Waals surface area contributed by atoms with Crippen LogP contribution < -0.4 is 5.32 Å². The second kappa shape index (κ2) is 7.29. The fourth-order valence-electron chi connectivity index (χ4n) is 3.20. The minimum atomic E-state index is -0.209. The Bertz CT molecular complexity index is 1110. The smallest absolute Gasteiger partial charge is 0.257 e. The number of fused-ring (bicyclic) bond motifs is 1. The van der Waals surface area contributed by atoms with Crippen molar-refractivity contribution in [1.82, 2.24) is 4.57 Å². The summed E-state index contributed by atoms with van der Waals surface area (Å²) in [6.07, 6.45) is 1.99. The Morgan fingerprint density at radius 3 is 2.44 bits per heavy atom. The van der Waals surface area contributed by atoms with Crippen molar-refractivity contribution < 1.29 is 4.79 Å². The molecule has 0 aliphatic rings. The van der Waals surface area contributed by atoms with Crippen LogP contribution in [0, 0.1) is 6.92 Å². The molecule has 0 fully saturated rings. The van der Waals surface area contributed by atoms with Crippen LogP contribution >= 0.6 is 11.6 Å². The number of para-hydroxylation sites is 1. The molecule has 1 heterocycles. The van der Waals surface area contributed by atoms with Crippen molar-refractivity contribution in [2.24, 2.45) is 0 Å². The summed E-state index contributed by atoms with van der Waals surface area (Å²) in [6, 6.07) is 23.6. The van der Waals surface area contributed by atoms with Crippen LogP contribution in [-0.4, -0.2) is 10.5 Å². The van der Waals surface area contributed by atoms with E-state index in [0.717, 1.165) is 23.1 Å². The zero-order valence-electron chi connectivity index (χ0n) is 14.9. The lowest BCUT2D eigenvalue weighted by molar-refractivity contribution is 0.102. The number of hydrogen-bond acceptors (Lipinski definition) is 1. The van der Waals surface area contributed by atoms with Gasteiger partial charge >= 0.3 is 0 Å². The van der Waals surface area contributed by atoms with Gasteiger partial charge in [0.15, 0.2) is 0 Å². The predicted molar refractivity (Wildman–Crippen MR) is 112 cm³/mol. The van der Waals surface area contributed by atoms with E-state index in [1.807, 2.05) is 36.5 Å². The monoisotopic (exact) mass is 374 g/mol. The molecule has 0 spiro atoms. The molecule has 4 aromatic rings. The van der Waals surface area contributed by atoms with E-state index >= 15 is 0 Å². The van der Waals surface area contributed by atoms with Crippen LogP contribution in [-0.2, 0) is 6.54 Å². The quantitative estimate of drug-likeness (QED) is 0.473. The molecule has 0 atom stereocenters. The summed E-state index contributed by atoms with van der Waals surface area (Å²) in [5, 5.41) is 4.46. The lowest BCUT2D eigenvalue weighted by Crippen LogP contribution is -2.12. The number of amides is 1. The first-order chi connectivity index (χ1) is 13.1. The van der Waals surface area contributed by atoms with Gasteiger partial charge in [-0.15, -0.1) is 0 Å². The number of nitrogens with zero attached hydrogens (tertiary/aromatic N) is 1. The van der Waals surface area contributed by atoms with E-state index in [-0.39, 0.29) is 5.91 Å². The highest BCUT2D eigenvalue weighted by Crippen LogP contribution is 2.28. The maximum absolute atomic E-state index is 12.7. The van der Waals surface area contributed by atoms with Crippen molar-refractivity contribution in [2.75, 3.05) is 5.32 Å². The van der Waals surface area contributed by atoms with Crippen molar-refractivity contribution in [3.05, 3.63) is 101 Å². The van der Waals surface area contributed by atoms with E-state index in [1.165, 1.54) is 11.1 Å². The first-order valence-electron chi connectivity index (χ1n) is 8.81. The molecule has 0 aliphatic carbocycles. The molecule has 0 saturated heterocycles. The molecule has 27 heavy (non-hydrogen) atoms. The van der Waals surface area contributed by atoms with Gasteiger partial charge < -0.3 is 9.88 Å². The van der Waals surface area contributed by atoms with E-state index in [4.69, 9.17) is 11.6 Å². The van der Waals surface area contributed by atoms with Crippen molar-refractivity contribution in [3.63, 3.8) is 0 Å². The summed E-state index contributed by atoms with van der Waals surface area (Å²) < 4.78 is 2.15. The molecule has 4 heteroatoms. The van der Waals surface area contributed by atoms with E-state index in [1.54, 1.807) is 12.1 Å². The van der Waals surface area contributed by atoms with Gasteiger partial charge in [0, 0.05) is 18.1 Å². The Balaban J connectivity index is 1.68. The standard InChI is InChI=1S/C23H19ClN2O/c1-16-10-12-17(13-11-16)14-26-15-21(19-7-3-5-9-22(19)26)25-23(27)18-6-2-4-8-20(18)24/h2-13,15H,14H2,1H3,(H,25,27). The van der Waals surface area contributed by atoms with Crippen molar-refractivity contribution >= 4 is 34.1 Å². The van der Waals surface area contributed by atoms with Crippen molar-refractivity contribution in [1.29, 1.82) is 0 Å². The molecular formula is C23H19ClN2O. The number of aryl methyl sites for hydroxylation is 1. The third-order valence-corrected chi connectivity index (χ3v) is 4.96. The number of carbonyl (C=O) groups is 1. The minimum absolute atomic E-state index is 0.209. The Hall–Kier alpha value is -3.04. The molecule has 134 valence electrons. The predicted octanol–water partition coefficient (Wildman–Crippen LogP) is 5.90. The molecule has 4 rings (SSSR count). The Kier molecular flexibility index (Phi) is 4.69. The number of benzene rings is 3. The number of nitrogens with one attached hydrogen (secondary N) is 1. The highest BCUT2D eigenvalue weighted by Gasteiger charge is 2.14. The summed E-state index contributed by atoms with van der Waals surface area (Å²) >= 11 is 6.16. The average Bonchev–Trinajstić information content (AvgIpc) is 3.01. The number of carbonyl (C=O) groups excluding carboxylic acids is 1. The van der Waals surface area contributed by atoms with E-state index in [9.17, 15) is 4.79 Å². The third-order valence-electron chi connectivity index (χ3n) is 4.63. The molecule has 0 saturated carbocycles. The Morgan fingerprint density at radius 1 is 0.963 bits per heavy atom. The van der Waals surface area contributed by atoms with Crippen LogP contribution in [0.1, 0.15) is 21.5 Å². The Morgan fingerprint density at radius 2 is 1.67 bits per heavy atom. The van der Waals surface area contributed by atoms with E-state index < -0.39 is 0 Å². The molecule has 3 aromatic carbocycles. The van der Waals surface area contributed by atoms with Gasteiger partial charge in [-0.1, -0.05) is 71.8 Å². The van der Waals surface area contributed by atoms with Gasteiger partial charge in [-0.3, -0.25) is 4.79 Å². The molecule has 0 aliphatic heterocycles. The van der Waals surface area contributed by atoms with Gasteiger partial charge in [-0.05, 0) is 30.7 Å². The zero-order chi connectivity index (χ0) is 18.8. The van der Waals surface area contributed by atoms with Crippen LogP contribution in [0.2, 0.25) is 5.02 Å². The van der Waals surface area contributed by atoms with E-state index in [2.05, 4.69) is 47.1 Å². The fraction of sp³-hybridized carbons (Fsp3) is 0.0870. The van der Waals surface area contributed by atoms with Crippen LogP contribution in [0.5, 0.6) is 0 Å². The number of rotatable bonds is 4. The first-order valence-corrected chi connectivity index (χ1v) is 9.19.